The maximum atomic E-state index is 9.65. The monoisotopic (exact) mass is 276 g/mol. The van der Waals surface area contributed by atoms with Crippen LogP contribution in [-0.2, 0) is 0 Å². The van der Waals surface area contributed by atoms with Gasteiger partial charge >= 0.3 is 0 Å². The maximum Gasteiger partial charge on any atom is 0.141 e. The smallest absolute Gasteiger partial charge is 0.141 e. The summed E-state index contributed by atoms with van der Waals surface area (Å²) in [6.07, 6.45) is 0. The van der Waals surface area contributed by atoms with Gasteiger partial charge in [-0.3, -0.25) is 0 Å². The Hall–Kier alpha value is -1.87. The van der Waals surface area contributed by atoms with Crippen molar-refractivity contribution in [3.63, 3.8) is 0 Å². The number of furan rings is 1. The molecule has 1 N–H and O–H groups in total. The molecule has 0 aliphatic carbocycles. The van der Waals surface area contributed by atoms with Crippen LogP contribution >= 0.6 is 11.6 Å². The first-order chi connectivity index (χ1) is 9.02. The van der Waals surface area contributed by atoms with Crippen LogP contribution in [-0.4, -0.2) is 12.2 Å². The minimum absolute atomic E-state index is 0.194. The van der Waals surface area contributed by atoms with Crippen LogP contribution < -0.4 is 4.74 Å². The molecular weight excluding hydrogens is 264 g/mol. The number of aromatic hydroxyl groups is 1. The lowest BCUT2D eigenvalue weighted by molar-refractivity contribution is 0.414. The number of aryl methyl sites for hydroxylation is 2. The number of benzene rings is 2. The summed E-state index contributed by atoms with van der Waals surface area (Å²) in [7, 11) is 1.58. The highest BCUT2D eigenvalue weighted by Gasteiger charge is 2.17. The van der Waals surface area contributed by atoms with E-state index in [-0.39, 0.29) is 5.75 Å². The molecule has 3 nitrogen and oxygen atoms in total. The van der Waals surface area contributed by atoms with E-state index in [1.165, 1.54) is 0 Å². The number of fused-ring (bicyclic) bond motifs is 3. The number of phenols is 1. The lowest BCUT2D eigenvalue weighted by Crippen LogP contribution is -1.87. The molecule has 0 saturated carbocycles. The molecule has 4 heteroatoms. The van der Waals surface area contributed by atoms with Crippen LogP contribution in [0.15, 0.2) is 22.6 Å². The summed E-state index contributed by atoms with van der Waals surface area (Å²) in [6, 6.07) is 5.11. The first kappa shape index (κ1) is 12.2. The Labute approximate surface area is 115 Å². The summed E-state index contributed by atoms with van der Waals surface area (Å²) >= 11 is 6.30. The van der Waals surface area contributed by atoms with Gasteiger partial charge < -0.3 is 14.3 Å². The van der Waals surface area contributed by atoms with E-state index < -0.39 is 0 Å². The Morgan fingerprint density at radius 3 is 2.47 bits per heavy atom. The van der Waals surface area contributed by atoms with E-state index in [1.54, 1.807) is 25.3 Å². The third-order valence-electron chi connectivity index (χ3n) is 3.40. The number of methoxy groups -OCH3 is 1. The Kier molecular flexibility index (Phi) is 2.61. The Morgan fingerprint density at radius 2 is 1.79 bits per heavy atom. The SMILES string of the molecule is COc1cc2oc3cc(O)cc(C)c3c2c(C)c1Cl. The fraction of sp³-hybridized carbons (Fsp3) is 0.200. The first-order valence-electron chi connectivity index (χ1n) is 5.92. The third kappa shape index (κ3) is 1.65. The van der Waals surface area contributed by atoms with Crippen molar-refractivity contribution >= 4 is 33.5 Å². The number of halogens is 1. The first-order valence-corrected chi connectivity index (χ1v) is 6.29. The molecule has 19 heavy (non-hydrogen) atoms. The molecular formula is C15H13ClO3. The zero-order valence-electron chi connectivity index (χ0n) is 10.9. The van der Waals surface area contributed by atoms with Crippen molar-refractivity contribution in [2.75, 3.05) is 7.11 Å². The van der Waals surface area contributed by atoms with Crippen molar-refractivity contribution in [2.45, 2.75) is 13.8 Å². The molecule has 1 heterocycles. The number of ether oxygens (including phenoxy) is 1. The van der Waals surface area contributed by atoms with Gasteiger partial charge in [0.1, 0.15) is 22.7 Å². The van der Waals surface area contributed by atoms with Crippen LogP contribution in [0.1, 0.15) is 11.1 Å². The van der Waals surface area contributed by atoms with Crippen LogP contribution in [0.5, 0.6) is 11.5 Å². The second-order valence-electron chi connectivity index (χ2n) is 4.63. The van der Waals surface area contributed by atoms with Gasteiger partial charge in [-0.2, -0.15) is 0 Å². The molecule has 3 rings (SSSR count). The highest BCUT2D eigenvalue weighted by atomic mass is 35.5. The van der Waals surface area contributed by atoms with Crippen LogP contribution in [0.2, 0.25) is 5.02 Å². The van der Waals surface area contributed by atoms with E-state index in [2.05, 4.69) is 0 Å². The lowest BCUT2D eigenvalue weighted by atomic mass is 10.0. The van der Waals surface area contributed by atoms with Crippen molar-refractivity contribution in [2.24, 2.45) is 0 Å². The summed E-state index contributed by atoms with van der Waals surface area (Å²) in [6.45, 7) is 3.88. The largest absolute Gasteiger partial charge is 0.508 e. The predicted molar refractivity (Wildman–Crippen MR) is 76.4 cm³/mol. The molecule has 0 bridgehead atoms. The van der Waals surface area contributed by atoms with Crippen molar-refractivity contribution in [3.05, 3.63) is 34.3 Å². The minimum atomic E-state index is 0.194. The van der Waals surface area contributed by atoms with Crippen LogP contribution in [0.4, 0.5) is 0 Å². The summed E-state index contributed by atoms with van der Waals surface area (Å²) in [5.41, 5.74) is 3.24. The van der Waals surface area contributed by atoms with Gasteiger partial charge in [-0.05, 0) is 31.0 Å². The molecule has 0 amide bonds. The molecule has 0 aliphatic rings. The fourth-order valence-electron chi connectivity index (χ4n) is 2.53. The molecule has 1 aromatic heterocycles. The predicted octanol–water partition coefficient (Wildman–Crippen LogP) is 4.57. The maximum absolute atomic E-state index is 9.65. The van der Waals surface area contributed by atoms with E-state index in [1.807, 2.05) is 13.8 Å². The van der Waals surface area contributed by atoms with E-state index in [4.69, 9.17) is 20.8 Å². The van der Waals surface area contributed by atoms with Gasteiger partial charge in [0.25, 0.3) is 0 Å². The molecule has 2 aromatic carbocycles. The molecule has 0 atom stereocenters. The normalized spacial score (nSPS) is 11.4. The summed E-state index contributed by atoms with van der Waals surface area (Å²) < 4.78 is 11.0. The number of hydrogen-bond donors (Lipinski definition) is 1. The van der Waals surface area contributed by atoms with Crippen LogP contribution in [0.25, 0.3) is 21.9 Å². The van der Waals surface area contributed by atoms with Crippen LogP contribution in [0.3, 0.4) is 0 Å². The van der Waals surface area contributed by atoms with Gasteiger partial charge in [0.05, 0.1) is 12.1 Å². The van der Waals surface area contributed by atoms with Crippen molar-refractivity contribution in [1.29, 1.82) is 0 Å². The Balaban J connectivity index is 2.56. The van der Waals surface area contributed by atoms with Gasteiger partial charge in [-0.1, -0.05) is 11.6 Å². The molecule has 98 valence electrons. The number of rotatable bonds is 1. The topological polar surface area (TPSA) is 42.6 Å². The third-order valence-corrected chi connectivity index (χ3v) is 3.87. The summed E-state index contributed by atoms with van der Waals surface area (Å²) in [5, 5.41) is 12.2. The second-order valence-corrected chi connectivity index (χ2v) is 5.01. The van der Waals surface area contributed by atoms with E-state index in [0.29, 0.717) is 21.9 Å². The van der Waals surface area contributed by atoms with E-state index in [0.717, 1.165) is 21.9 Å². The highest BCUT2D eigenvalue weighted by molar-refractivity contribution is 6.34. The van der Waals surface area contributed by atoms with Gasteiger partial charge in [0.2, 0.25) is 0 Å². The van der Waals surface area contributed by atoms with Gasteiger partial charge in [-0.15, -0.1) is 0 Å². The van der Waals surface area contributed by atoms with Crippen molar-refractivity contribution in [1.82, 2.24) is 0 Å². The molecule has 0 spiro atoms. The molecule has 3 aromatic rings. The van der Waals surface area contributed by atoms with Crippen LogP contribution in [0, 0.1) is 13.8 Å². The molecule has 0 saturated heterocycles. The number of hydrogen-bond acceptors (Lipinski definition) is 3. The second kappa shape index (κ2) is 4.07. The molecule has 0 fully saturated rings. The van der Waals surface area contributed by atoms with E-state index in [9.17, 15) is 5.11 Å². The van der Waals surface area contributed by atoms with Crippen molar-refractivity contribution < 1.29 is 14.3 Å². The average Bonchev–Trinajstić information content (AvgIpc) is 2.72. The molecule has 0 unspecified atom stereocenters. The summed E-state index contributed by atoms with van der Waals surface area (Å²) in [4.78, 5) is 0. The minimum Gasteiger partial charge on any atom is -0.508 e. The quantitative estimate of drug-likeness (QED) is 0.708. The zero-order chi connectivity index (χ0) is 13.7. The van der Waals surface area contributed by atoms with E-state index >= 15 is 0 Å². The summed E-state index contributed by atoms with van der Waals surface area (Å²) in [5.74, 6) is 0.785. The van der Waals surface area contributed by atoms with Gasteiger partial charge in [0, 0.05) is 22.9 Å². The molecule has 0 radical (unpaired) electrons. The Bertz CT molecular complexity index is 802. The molecule has 0 aliphatic heterocycles. The lowest BCUT2D eigenvalue weighted by Gasteiger charge is -2.06. The van der Waals surface area contributed by atoms with Crippen molar-refractivity contribution in [3.8, 4) is 11.5 Å². The zero-order valence-corrected chi connectivity index (χ0v) is 11.6. The average molecular weight is 277 g/mol. The fourth-order valence-corrected chi connectivity index (χ4v) is 2.76. The van der Waals surface area contributed by atoms with Gasteiger partial charge in [0.15, 0.2) is 0 Å². The van der Waals surface area contributed by atoms with Gasteiger partial charge in [-0.25, -0.2) is 0 Å². The standard InChI is InChI=1S/C15H13ClO3/c1-7-4-9(17)5-10-13(7)14-8(2)15(16)12(18-3)6-11(14)19-10/h4-6,17H,1-3H3. The Morgan fingerprint density at radius 1 is 1.11 bits per heavy atom. The highest BCUT2D eigenvalue weighted by Crippen LogP contribution is 2.41. The number of phenolic OH excluding ortho intramolecular Hbond substituents is 1.